The van der Waals surface area contributed by atoms with Crippen LogP contribution in [0.1, 0.15) is 33.1 Å². The smallest absolute Gasteiger partial charge is 0.230 e. The number of carbonyl (C=O) groups is 2. The number of carbonyl (C=O) groups excluding carboxylic acids is 2. The Labute approximate surface area is 96.6 Å². The van der Waals surface area contributed by atoms with Crippen LogP contribution in [0.15, 0.2) is 0 Å². The fraction of sp³-hybridized carbons (Fsp3) is 0.833. The predicted molar refractivity (Wildman–Crippen MR) is 61.1 cm³/mol. The maximum atomic E-state index is 11.9. The van der Waals surface area contributed by atoms with E-state index in [1.807, 2.05) is 4.90 Å². The molecule has 4 nitrogen and oxygen atoms in total. The van der Waals surface area contributed by atoms with E-state index in [0.29, 0.717) is 6.04 Å². The fourth-order valence-corrected chi connectivity index (χ4v) is 2.85. The maximum absolute atomic E-state index is 11.9. The van der Waals surface area contributed by atoms with Crippen LogP contribution in [0.2, 0.25) is 0 Å². The number of amides is 1. The van der Waals surface area contributed by atoms with E-state index >= 15 is 0 Å². The third-order valence-corrected chi connectivity index (χ3v) is 3.66. The molecule has 0 aromatic carbocycles. The molecule has 0 aromatic rings. The van der Waals surface area contributed by atoms with Gasteiger partial charge in [0.05, 0.1) is 6.42 Å². The van der Waals surface area contributed by atoms with Crippen molar-refractivity contribution in [2.24, 2.45) is 0 Å². The van der Waals surface area contributed by atoms with Gasteiger partial charge in [0.1, 0.15) is 5.78 Å². The number of piperazine rings is 1. The zero-order chi connectivity index (χ0) is 11.7. The van der Waals surface area contributed by atoms with Gasteiger partial charge in [-0.3, -0.25) is 14.5 Å². The first-order chi connectivity index (χ1) is 7.58. The second-order valence-corrected chi connectivity index (χ2v) is 5.06. The first-order valence-electron chi connectivity index (χ1n) is 6.11. The van der Waals surface area contributed by atoms with Crippen LogP contribution in [0.25, 0.3) is 0 Å². The van der Waals surface area contributed by atoms with Crippen LogP contribution >= 0.6 is 0 Å². The number of ketones is 1. The van der Waals surface area contributed by atoms with Crippen molar-refractivity contribution >= 4 is 11.7 Å². The van der Waals surface area contributed by atoms with E-state index in [1.54, 1.807) is 0 Å². The van der Waals surface area contributed by atoms with Gasteiger partial charge >= 0.3 is 0 Å². The minimum absolute atomic E-state index is 0.00606. The summed E-state index contributed by atoms with van der Waals surface area (Å²) >= 11 is 0. The summed E-state index contributed by atoms with van der Waals surface area (Å²) in [6.45, 7) is 6.51. The molecule has 90 valence electrons. The molecule has 0 bridgehead atoms. The third kappa shape index (κ3) is 2.26. The van der Waals surface area contributed by atoms with Gasteiger partial charge in [0, 0.05) is 25.2 Å². The molecule has 2 heterocycles. The van der Waals surface area contributed by atoms with Crippen molar-refractivity contribution in [1.82, 2.24) is 9.80 Å². The molecular formula is C12H20N2O2. The second kappa shape index (κ2) is 4.53. The van der Waals surface area contributed by atoms with E-state index in [-0.39, 0.29) is 24.2 Å². The molecule has 2 unspecified atom stereocenters. The molecule has 2 atom stereocenters. The van der Waals surface area contributed by atoms with Crippen molar-refractivity contribution in [2.45, 2.75) is 45.2 Å². The van der Waals surface area contributed by atoms with Crippen LogP contribution in [0, 0.1) is 0 Å². The molecule has 0 saturated carbocycles. The van der Waals surface area contributed by atoms with Gasteiger partial charge in [-0.15, -0.1) is 0 Å². The monoisotopic (exact) mass is 224 g/mol. The van der Waals surface area contributed by atoms with E-state index < -0.39 is 0 Å². The largest absolute Gasteiger partial charge is 0.337 e. The Hall–Kier alpha value is -0.900. The molecule has 2 aliphatic heterocycles. The Morgan fingerprint density at radius 2 is 2.06 bits per heavy atom. The molecular weight excluding hydrogens is 204 g/mol. The third-order valence-electron chi connectivity index (χ3n) is 3.66. The van der Waals surface area contributed by atoms with Crippen molar-refractivity contribution < 1.29 is 9.59 Å². The molecule has 0 radical (unpaired) electrons. The van der Waals surface area contributed by atoms with Crippen molar-refractivity contribution in [2.75, 3.05) is 19.6 Å². The lowest BCUT2D eigenvalue weighted by molar-refractivity contribution is -0.139. The van der Waals surface area contributed by atoms with Crippen LogP contribution in [0.4, 0.5) is 0 Å². The van der Waals surface area contributed by atoms with Crippen LogP contribution in [0.3, 0.4) is 0 Å². The predicted octanol–water partition coefficient (Wildman–Crippen LogP) is 0.661. The first-order valence-corrected chi connectivity index (χ1v) is 6.11. The van der Waals surface area contributed by atoms with Gasteiger partial charge < -0.3 is 4.90 Å². The van der Waals surface area contributed by atoms with Crippen molar-refractivity contribution in [3.63, 3.8) is 0 Å². The highest BCUT2D eigenvalue weighted by molar-refractivity contribution is 5.96. The minimum Gasteiger partial charge on any atom is -0.337 e. The van der Waals surface area contributed by atoms with Gasteiger partial charge in [0.15, 0.2) is 0 Å². The summed E-state index contributed by atoms with van der Waals surface area (Å²) < 4.78 is 0. The molecule has 4 heteroatoms. The van der Waals surface area contributed by atoms with Crippen LogP contribution < -0.4 is 0 Å². The lowest BCUT2D eigenvalue weighted by atomic mass is 10.1. The van der Waals surface area contributed by atoms with Gasteiger partial charge in [-0.2, -0.15) is 0 Å². The SMILES string of the molecule is CC(=O)CC(=O)N1CC2CCCN2CC1C. The summed E-state index contributed by atoms with van der Waals surface area (Å²) in [5, 5.41) is 0. The minimum atomic E-state index is -0.0361. The number of nitrogens with zero attached hydrogens (tertiary/aromatic N) is 2. The zero-order valence-corrected chi connectivity index (χ0v) is 10.1. The van der Waals surface area contributed by atoms with Gasteiger partial charge in [-0.25, -0.2) is 0 Å². The summed E-state index contributed by atoms with van der Waals surface area (Å²) in [5.74, 6) is -0.0300. The zero-order valence-electron chi connectivity index (χ0n) is 10.1. The number of Topliss-reactive ketones (excluding diaryl/α,β-unsaturated/α-hetero) is 1. The summed E-state index contributed by atoms with van der Waals surface area (Å²) in [7, 11) is 0. The quantitative estimate of drug-likeness (QED) is 0.647. The fourth-order valence-electron chi connectivity index (χ4n) is 2.85. The van der Waals surface area contributed by atoms with Crippen LogP contribution in [-0.4, -0.2) is 53.2 Å². The van der Waals surface area contributed by atoms with Crippen LogP contribution in [0.5, 0.6) is 0 Å². The molecule has 0 spiro atoms. The molecule has 0 N–H and O–H groups in total. The Balaban J connectivity index is 1.99. The standard InChI is InChI=1S/C12H20N2O2/c1-9-7-13-5-3-4-11(13)8-14(9)12(16)6-10(2)15/h9,11H,3-8H2,1-2H3. The molecule has 2 rings (SSSR count). The van der Waals surface area contributed by atoms with Crippen molar-refractivity contribution in [1.29, 1.82) is 0 Å². The van der Waals surface area contributed by atoms with Crippen LogP contribution in [-0.2, 0) is 9.59 Å². The van der Waals surface area contributed by atoms with Gasteiger partial charge in [0.2, 0.25) is 5.91 Å². The Morgan fingerprint density at radius 1 is 1.31 bits per heavy atom. The van der Waals surface area contributed by atoms with E-state index in [1.165, 1.54) is 26.3 Å². The number of fused-ring (bicyclic) bond motifs is 1. The van der Waals surface area contributed by atoms with Gasteiger partial charge in [0.25, 0.3) is 0 Å². The van der Waals surface area contributed by atoms with Crippen molar-refractivity contribution in [3.8, 4) is 0 Å². The highest BCUT2D eigenvalue weighted by Crippen LogP contribution is 2.24. The number of hydrogen-bond acceptors (Lipinski definition) is 3. The molecule has 0 aromatic heterocycles. The Morgan fingerprint density at radius 3 is 2.75 bits per heavy atom. The molecule has 16 heavy (non-hydrogen) atoms. The van der Waals surface area contributed by atoms with Crippen molar-refractivity contribution in [3.05, 3.63) is 0 Å². The average Bonchev–Trinajstić information content (AvgIpc) is 2.61. The molecule has 2 saturated heterocycles. The topological polar surface area (TPSA) is 40.6 Å². The summed E-state index contributed by atoms with van der Waals surface area (Å²) in [4.78, 5) is 27.2. The Bertz CT molecular complexity index is 303. The molecule has 1 amide bonds. The highest BCUT2D eigenvalue weighted by Gasteiger charge is 2.36. The summed E-state index contributed by atoms with van der Waals surface area (Å²) in [6, 6.07) is 0.785. The molecule has 2 aliphatic rings. The first kappa shape index (κ1) is 11.6. The van der Waals surface area contributed by atoms with Gasteiger partial charge in [-0.05, 0) is 33.2 Å². The van der Waals surface area contributed by atoms with E-state index in [4.69, 9.17) is 0 Å². The number of rotatable bonds is 2. The second-order valence-electron chi connectivity index (χ2n) is 5.06. The summed E-state index contributed by atoms with van der Waals surface area (Å²) in [5.41, 5.74) is 0. The maximum Gasteiger partial charge on any atom is 0.230 e. The van der Waals surface area contributed by atoms with E-state index in [2.05, 4.69) is 11.8 Å². The highest BCUT2D eigenvalue weighted by atomic mass is 16.2. The average molecular weight is 224 g/mol. The van der Waals surface area contributed by atoms with E-state index in [0.717, 1.165) is 13.1 Å². The van der Waals surface area contributed by atoms with Gasteiger partial charge in [-0.1, -0.05) is 0 Å². The number of hydrogen-bond donors (Lipinski definition) is 0. The molecule has 2 fully saturated rings. The lowest BCUT2D eigenvalue weighted by Crippen LogP contribution is -2.56. The normalized spacial score (nSPS) is 30.2. The molecule has 0 aliphatic carbocycles. The van der Waals surface area contributed by atoms with E-state index in [9.17, 15) is 9.59 Å². The Kier molecular flexibility index (Phi) is 3.28. The lowest BCUT2D eigenvalue weighted by Gasteiger charge is -2.42. The summed E-state index contributed by atoms with van der Waals surface area (Å²) in [6.07, 6.45) is 2.50.